The molecule has 1 aromatic heterocycles. The molecule has 0 unspecified atom stereocenters. The Morgan fingerprint density at radius 3 is 2.77 bits per heavy atom. The lowest BCUT2D eigenvalue weighted by Gasteiger charge is -2.09. The van der Waals surface area contributed by atoms with Crippen LogP contribution in [0.1, 0.15) is 36.4 Å². The molecule has 4 nitrogen and oxygen atoms in total. The minimum absolute atomic E-state index is 0.0492. The average molecular weight is 369 g/mol. The first-order chi connectivity index (χ1) is 12.6. The van der Waals surface area contributed by atoms with Crippen molar-refractivity contribution in [2.24, 2.45) is 0 Å². The van der Waals surface area contributed by atoms with E-state index in [2.05, 4.69) is 22.4 Å². The number of thiazole rings is 1. The van der Waals surface area contributed by atoms with Crippen molar-refractivity contribution in [3.63, 3.8) is 0 Å². The highest BCUT2D eigenvalue weighted by molar-refractivity contribution is 7.18. The molecule has 0 fully saturated rings. The highest BCUT2D eigenvalue weighted by Gasteiger charge is 2.07. The molecule has 1 heterocycles. The number of aromatic nitrogens is 1. The highest BCUT2D eigenvalue weighted by atomic mass is 32.1. The number of para-hydroxylation sites is 1. The van der Waals surface area contributed by atoms with Crippen molar-refractivity contribution in [1.29, 1.82) is 0 Å². The number of fused-ring (bicyclic) bond motifs is 1. The minimum Gasteiger partial charge on any atom is -0.374 e. The summed E-state index contributed by atoms with van der Waals surface area (Å²) in [5.74, 6) is 0.0492. The molecular formula is C21H24N2O2S. The number of amides is 1. The molecule has 0 aliphatic carbocycles. The van der Waals surface area contributed by atoms with E-state index in [1.54, 1.807) is 11.3 Å². The highest BCUT2D eigenvalue weighted by Crippen LogP contribution is 2.22. The molecular weight excluding hydrogens is 344 g/mol. The van der Waals surface area contributed by atoms with E-state index in [0.29, 0.717) is 26.0 Å². The number of hydrogen-bond donors (Lipinski definition) is 1. The molecule has 0 saturated carbocycles. The number of benzene rings is 2. The lowest BCUT2D eigenvalue weighted by Crippen LogP contribution is -2.23. The third-order valence-corrected chi connectivity index (χ3v) is 5.06. The van der Waals surface area contributed by atoms with Crippen LogP contribution in [0.15, 0.2) is 48.5 Å². The van der Waals surface area contributed by atoms with Gasteiger partial charge in [-0.1, -0.05) is 36.4 Å². The largest absolute Gasteiger partial charge is 0.374 e. The molecule has 1 amide bonds. The van der Waals surface area contributed by atoms with Crippen molar-refractivity contribution in [3.8, 4) is 0 Å². The smallest absolute Gasteiger partial charge is 0.220 e. The summed E-state index contributed by atoms with van der Waals surface area (Å²) in [5.41, 5.74) is 3.22. The topological polar surface area (TPSA) is 51.2 Å². The van der Waals surface area contributed by atoms with Crippen LogP contribution in [0.5, 0.6) is 0 Å². The van der Waals surface area contributed by atoms with Crippen LogP contribution in [-0.2, 0) is 29.1 Å². The van der Waals surface area contributed by atoms with Crippen molar-refractivity contribution < 1.29 is 9.53 Å². The molecule has 2 aromatic carbocycles. The van der Waals surface area contributed by atoms with Gasteiger partial charge in [-0.05, 0) is 37.1 Å². The molecule has 0 aliphatic rings. The fourth-order valence-electron chi connectivity index (χ4n) is 2.63. The summed E-state index contributed by atoms with van der Waals surface area (Å²) >= 11 is 1.66. The van der Waals surface area contributed by atoms with Gasteiger partial charge in [-0.25, -0.2) is 4.98 Å². The Kier molecular flexibility index (Phi) is 6.36. The van der Waals surface area contributed by atoms with E-state index in [0.717, 1.165) is 21.7 Å². The maximum atomic E-state index is 12.1. The first-order valence-electron chi connectivity index (χ1n) is 8.91. The van der Waals surface area contributed by atoms with E-state index in [1.165, 1.54) is 4.70 Å². The van der Waals surface area contributed by atoms with E-state index in [4.69, 9.17) is 4.74 Å². The second-order valence-corrected chi connectivity index (χ2v) is 7.65. The van der Waals surface area contributed by atoms with Crippen LogP contribution < -0.4 is 5.32 Å². The molecule has 0 aliphatic heterocycles. The number of carbonyl (C=O) groups excluding carboxylic acids is 1. The van der Waals surface area contributed by atoms with Gasteiger partial charge in [-0.3, -0.25) is 4.79 Å². The summed E-state index contributed by atoms with van der Waals surface area (Å²) in [6.45, 7) is 5.18. The van der Waals surface area contributed by atoms with Gasteiger partial charge in [0.2, 0.25) is 5.91 Å². The number of carbonyl (C=O) groups is 1. The zero-order valence-electron chi connectivity index (χ0n) is 15.2. The Labute approximate surface area is 158 Å². The normalized spacial score (nSPS) is 11.2. The molecule has 136 valence electrons. The summed E-state index contributed by atoms with van der Waals surface area (Å²) in [6.07, 6.45) is 1.34. The zero-order chi connectivity index (χ0) is 18.4. The molecule has 0 saturated heterocycles. The Morgan fingerprint density at radius 2 is 1.96 bits per heavy atom. The van der Waals surface area contributed by atoms with E-state index in [9.17, 15) is 4.79 Å². The maximum absolute atomic E-state index is 12.1. The Bertz CT molecular complexity index is 840. The van der Waals surface area contributed by atoms with Crippen LogP contribution in [0.3, 0.4) is 0 Å². The van der Waals surface area contributed by atoms with Crippen LogP contribution in [-0.4, -0.2) is 17.0 Å². The van der Waals surface area contributed by atoms with Crippen LogP contribution >= 0.6 is 11.3 Å². The molecule has 5 heteroatoms. The van der Waals surface area contributed by atoms with Crippen molar-refractivity contribution in [3.05, 3.63) is 64.7 Å². The lowest BCUT2D eigenvalue weighted by molar-refractivity contribution is -0.121. The number of rotatable bonds is 8. The number of ether oxygens (including phenoxy) is 1. The molecule has 1 N–H and O–H groups in total. The molecule has 3 rings (SSSR count). The predicted molar refractivity (Wildman–Crippen MR) is 106 cm³/mol. The average Bonchev–Trinajstić information content (AvgIpc) is 3.06. The fourth-order valence-corrected chi connectivity index (χ4v) is 3.60. The summed E-state index contributed by atoms with van der Waals surface area (Å²) in [7, 11) is 0. The maximum Gasteiger partial charge on any atom is 0.220 e. The first-order valence-corrected chi connectivity index (χ1v) is 9.72. The van der Waals surface area contributed by atoms with Gasteiger partial charge in [-0.2, -0.15) is 0 Å². The Morgan fingerprint density at radius 1 is 1.15 bits per heavy atom. The summed E-state index contributed by atoms with van der Waals surface area (Å²) in [5, 5.41) is 4.00. The van der Waals surface area contributed by atoms with Gasteiger partial charge in [0.05, 0.1) is 27.9 Å². The summed E-state index contributed by atoms with van der Waals surface area (Å²) in [4.78, 5) is 16.7. The second-order valence-electron chi connectivity index (χ2n) is 6.53. The molecule has 0 radical (unpaired) electrons. The zero-order valence-corrected chi connectivity index (χ0v) is 16.0. The Hall–Kier alpha value is -2.24. The quantitative estimate of drug-likeness (QED) is 0.638. The van der Waals surface area contributed by atoms with Crippen molar-refractivity contribution in [2.45, 2.75) is 45.9 Å². The van der Waals surface area contributed by atoms with E-state index in [1.807, 2.05) is 50.2 Å². The third kappa shape index (κ3) is 5.38. The van der Waals surface area contributed by atoms with Crippen LogP contribution in [0.4, 0.5) is 0 Å². The van der Waals surface area contributed by atoms with Gasteiger partial charge in [0.1, 0.15) is 0 Å². The SMILES string of the molecule is CC(C)OCc1cccc(CNC(=O)CCc2nc3ccccc3s2)c1. The molecule has 3 aromatic rings. The minimum atomic E-state index is 0.0492. The molecule has 0 atom stereocenters. The monoisotopic (exact) mass is 368 g/mol. The molecule has 0 spiro atoms. The van der Waals surface area contributed by atoms with Gasteiger partial charge in [0.15, 0.2) is 0 Å². The van der Waals surface area contributed by atoms with Crippen LogP contribution in [0.2, 0.25) is 0 Å². The van der Waals surface area contributed by atoms with Crippen LogP contribution in [0, 0.1) is 0 Å². The standard InChI is InChI=1S/C21H24N2O2S/c1-15(2)25-14-17-7-5-6-16(12-17)13-22-20(24)10-11-21-23-18-8-3-4-9-19(18)26-21/h3-9,12,15H,10-11,13-14H2,1-2H3,(H,22,24). The number of nitrogens with one attached hydrogen (secondary N) is 1. The predicted octanol–water partition coefficient (Wildman–Crippen LogP) is 4.47. The van der Waals surface area contributed by atoms with Gasteiger partial charge < -0.3 is 10.1 Å². The van der Waals surface area contributed by atoms with Gasteiger partial charge in [0.25, 0.3) is 0 Å². The number of aryl methyl sites for hydroxylation is 1. The molecule has 0 bridgehead atoms. The van der Waals surface area contributed by atoms with Crippen molar-refractivity contribution >= 4 is 27.5 Å². The Balaban J connectivity index is 1.47. The number of hydrogen-bond acceptors (Lipinski definition) is 4. The van der Waals surface area contributed by atoms with E-state index >= 15 is 0 Å². The van der Waals surface area contributed by atoms with Crippen molar-refractivity contribution in [1.82, 2.24) is 10.3 Å². The molecule has 26 heavy (non-hydrogen) atoms. The van der Waals surface area contributed by atoms with Crippen LogP contribution in [0.25, 0.3) is 10.2 Å². The number of nitrogens with zero attached hydrogens (tertiary/aromatic N) is 1. The summed E-state index contributed by atoms with van der Waals surface area (Å²) in [6, 6.07) is 16.2. The second kappa shape index (κ2) is 8.92. The first kappa shape index (κ1) is 18.5. The van der Waals surface area contributed by atoms with E-state index < -0.39 is 0 Å². The summed E-state index contributed by atoms with van der Waals surface area (Å²) < 4.78 is 6.80. The van der Waals surface area contributed by atoms with Crippen molar-refractivity contribution in [2.75, 3.05) is 0 Å². The van der Waals surface area contributed by atoms with Gasteiger partial charge in [0, 0.05) is 19.4 Å². The van der Waals surface area contributed by atoms with E-state index in [-0.39, 0.29) is 12.0 Å². The fraction of sp³-hybridized carbons (Fsp3) is 0.333. The van der Waals surface area contributed by atoms with Gasteiger partial charge >= 0.3 is 0 Å². The van der Waals surface area contributed by atoms with Gasteiger partial charge in [-0.15, -0.1) is 11.3 Å². The third-order valence-electron chi connectivity index (χ3n) is 3.97. The lowest BCUT2D eigenvalue weighted by atomic mass is 10.1.